The number of fused-ring (bicyclic) bond motifs is 2. The molecule has 0 aliphatic heterocycles. The second kappa shape index (κ2) is 12.7. The number of nitrogens with zero attached hydrogens (tertiary/aromatic N) is 3. The molecule has 234 valence electrons. The van der Waals surface area contributed by atoms with Crippen LogP contribution in [0.2, 0.25) is 0 Å². The SMILES string of the molecule is c1ccc(-c2cc(-c3ccccc3)cc(-c3nc(-c4ccccc4)nc(-c4ccc5ccccc5c4-c4ccc5ccccc5c4)n3)c2)cc1. The Hall–Kier alpha value is -6.71. The van der Waals surface area contributed by atoms with Crippen LogP contribution in [-0.4, -0.2) is 15.0 Å². The largest absolute Gasteiger partial charge is 0.208 e. The third-order valence-corrected chi connectivity index (χ3v) is 9.28. The summed E-state index contributed by atoms with van der Waals surface area (Å²) in [7, 11) is 0. The van der Waals surface area contributed by atoms with Gasteiger partial charge in [0.1, 0.15) is 0 Å². The van der Waals surface area contributed by atoms with Gasteiger partial charge in [-0.15, -0.1) is 0 Å². The van der Waals surface area contributed by atoms with Gasteiger partial charge in [-0.05, 0) is 79.7 Å². The lowest BCUT2D eigenvalue weighted by atomic mass is 9.91. The van der Waals surface area contributed by atoms with Crippen molar-refractivity contribution in [3.8, 4) is 67.5 Å². The van der Waals surface area contributed by atoms with Crippen molar-refractivity contribution in [2.45, 2.75) is 0 Å². The maximum absolute atomic E-state index is 5.30. The molecule has 0 spiro atoms. The zero-order valence-corrected chi connectivity index (χ0v) is 27.2. The van der Waals surface area contributed by atoms with Gasteiger partial charge in [0.25, 0.3) is 0 Å². The van der Waals surface area contributed by atoms with Crippen LogP contribution in [0.5, 0.6) is 0 Å². The van der Waals surface area contributed by atoms with Crippen LogP contribution in [0, 0.1) is 0 Å². The van der Waals surface area contributed by atoms with E-state index in [9.17, 15) is 0 Å². The van der Waals surface area contributed by atoms with Crippen molar-refractivity contribution in [3.63, 3.8) is 0 Å². The van der Waals surface area contributed by atoms with E-state index < -0.39 is 0 Å². The van der Waals surface area contributed by atoms with Crippen molar-refractivity contribution in [3.05, 3.63) is 188 Å². The minimum Gasteiger partial charge on any atom is -0.208 e. The molecule has 0 saturated heterocycles. The Morgan fingerprint density at radius 2 is 0.740 bits per heavy atom. The average Bonchev–Trinajstić information content (AvgIpc) is 3.21. The minimum atomic E-state index is 0.626. The van der Waals surface area contributed by atoms with Crippen LogP contribution >= 0.6 is 0 Å². The summed E-state index contributed by atoms with van der Waals surface area (Å²) >= 11 is 0. The number of hydrogen-bond donors (Lipinski definition) is 0. The van der Waals surface area contributed by atoms with E-state index in [0.717, 1.165) is 55.5 Å². The lowest BCUT2D eigenvalue weighted by molar-refractivity contribution is 1.07. The van der Waals surface area contributed by atoms with Crippen LogP contribution in [0.3, 0.4) is 0 Å². The summed E-state index contributed by atoms with van der Waals surface area (Å²) in [6, 6.07) is 65.9. The van der Waals surface area contributed by atoms with Crippen LogP contribution in [0.25, 0.3) is 89.1 Å². The molecule has 50 heavy (non-hydrogen) atoms. The Balaban J connectivity index is 1.31. The van der Waals surface area contributed by atoms with Gasteiger partial charge >= 0.3 is 0 Å². The molecule has 8 aromatic carbocycles. The Morgan fingerprint density at radius 3 is 1.40 bits per heavy atom. The summed E-state index contributed by atoms with van der Waals surface area (Å²) in [5, 5.41) is 4.72. The first-order valence-corrected chi connectivity index (χ1v) is 16.9. The fraction of sp³-hybridized carbons (Fsp3) is 0. The summed E-state index contributed by atoms with van der Waals surface area (Å²) in [6.07, 6.45) is 0. The molecule has 0 saturated carbocycles. The van der Waals surface area contributed by atoms with E-state index in [-0.39, 0.29) is 0 Å². The highest BCUT2D eigenvalue weighted by Crippen LogP contribution is 2.40. The van der Waals surface area contributed by atoms with Crippen molar-refractivity contribution in [1.29, 1.82) is 0 Å². The maximum Gasteiger partial charge on any atom is 0.164 e. The average molecular weight is 638 g/mol. The molecule has 0 N–H and O–H groups in total. The van der Waals surface area contributed by atoms with Crippen LogP contribution < -0.4 is 0 Å². The van der Waals surface area contributed by atoms with Crippen LogP contribution in [0.1, 0.15) is 0 Å². The fourth-order valence-electron chi connectivity index (χ4n) is 6.81. The van der Waals surface area contributed by atoms with Gasteiger partial charge in [-0.1, -0.05) is 158 Å². The molecule has 1 aromatic heterocycles. The highest BCUT2D eigenvalue weighted by atomic mass is 15.0. The molecule has 1 heterocycles. The predicted molar refractivity (Wildman–Crippen MR) is 207 cm³/mol. The highest BCUT2D eigenvalue weighted by molar-refractivity contribution is 6.05. The zero-order chi connectivity index (χ0) is 33.3. The van der Waals surface area contributed by atoms with Crippen molar-refractivity contribution in [2.75, 3.05) is 0 Å². The first-order chi connectivity index (χ1) is 24.8. The van der Waals surface area contributed by atoms with E-state index >= 15 is 0 Å². The molecule has 9 rings (SSSR count). The quantitative estimate of drug-likeness (QED) is 0.182. The summed E-state index contributed by atoms with van der Waals surface area (Å²) in [4.78, 5) is 15.6. The molecular formula is C47H31N3. The predicted octanol–water partition coefficient (Wildman–Crippen LogP) is 12.2. The van der Waals surface area contributed by atoms with E-state index in [0.29, 0.717) is 17.5 Å². The first-order valence-electron chi connectivity index (χ1n) is 16.9. The number of rotatable bonds is 6. The molecule has 0 radical (unpaired) electrons. The summed E-state index contributed by atoms with van der Waals surface area (Å²) < 4.78 is 0. The molecule has 0 aliphatic rings. The standard InChI is InChI=1S/C47H31N3/c1-4-14-32(15-5-1)39-29-40(33-16-6-2-7-17-33)31-41(30-39)46-48-45(36-20-8-3-9-21-36)49-47(50-46)43-27-26-35-19-12-13-23-42(35)44(43)38-25-24-34-18-10-11-22-37(34)28-38/h1-31H. The molecular weight excluding hydrogens is 607 g/mol. The summed E-state index contributed by atoms with van der Waals surface area (Å²) in [6.45, 7) is 0. The van der Waals surface area contributed by atoms with Gasteiger partial charge in [-0.3, -0.25) is 0 Å². The van der Waals surface area contributed by atoms with Gasteiger partial charge in [0, 0.05) is 22.3 Å². The second-order valence-corrected chi connectivity index (χ2v) is 12.5. The molecule has 0 fully saturated rings. The molecule has 3 nitrogen and oxygen atoms in total. The fourth-order valence-corrected chi connectivity index (χ4v) is 6.81. The molecule has 0 bridgehead atoms. The van der Waals surface area contributed by atoms with Crippen LogP contribution in [0.15, 0.2) is 188 Å². The second-order valence-electron chi connectivity index (χ2n) is 12.5. The molecule has 0 aliphatic carbocycles. The van der Waals surface area contributed by atoms with Gasteiger partial charge in [-0.2, -0.15) is 0 Å². The lowest BCUT2D eigenvalue weighted by Crippen LogP contribution is -2.02. The lowest BCUT2D eigenvalue weighted by Gasteiger charge is -2.16. The van der Waals surface area contributed by atoms with Crippen molar-refractivity contribution >= 4 is 21.5 Å². The number of hydrogen-bond acceptors (Lipinski definition) is 3. The van der Waals surface area contributed by atoms with Gasteiger partial charge < -0.3 is 0 Å². The summed E-state index contributed by atoms with van der Waals surface area (Å²) in [5.74, 6) is 1.89. The van der Waals surface area contributed by atoms with Crippen molar-refractivity contribution < 1.29 is 0 Å². The van der Waals surface area contributed by atoms with Gasteiger partial charge in [0.15, 0.2) is 17.5 Å². The van der Waals surface area contributed by atoms with Crippen LogP contribution in [-0.2, 0) is 0 Å². The van der Waals surface area contributed by atoms with E-state index in [1.807, 2.05) is 30.3 Å². The monoisotopic (exact) mass is 637 g/mol. The van der Waals surface area contributed by atoms with Crippen molar-refractivity contribution in [1.82, 2.24) is 15.0 Å². The van der Waals surface area contributed by atoms with Gasteiger partial charge in [-0.25, -0.2) is 15.0 Å². The smallest absolute Gasteiger partial charge is 0.164 e. The normalized spacial score (nSPS) is 11.2. The molecule has 0 amide bonds. The highest BCUT2D eigenvalue weighted by Gasteiger charge is 2.19. The van der Waals surface area contributed by atoms with E-state index in [1.165, 1.54) is 16.2 Å². The third-order valence-electron chi connectivity index (χ3n) is 9.28. The van der Waals surface area contributed by atoms with Crippen LogP contribution in [0.4, 0.5) is 0 Å². The van der Waals surface area contributed by atoms with Gasteiger partial charge in [0.05, 0.1) is 0 Å². The summed E-state index contributed by atoms with van der Waals surface area (Å²) in [5.41, 5.74) is 9.54. The molecule has 9 aromatic rings. The first kappa shape index (κ1) is 29.4. The maximum atomic E-state index is 5.30. The Labute approximate surface area is 291 Å². The number of aromatic nitrogens is 3. The number of benzene rings is 8. The van der Waals surface area contributed by atoms with Gasteiger partial charge in [0.2, 0.25) is 0 Å². The Kier molecular flexibility index (Phi) is 7.49. The van der Waals surface area contributed by atoms with E-state index in [1.54, 1.807) is 0 Å². The molecule has 3 heteroatoms. The zero-order valence-electron chi connectivity index (χ0n) is 27.2. The van der Waals surface area contributed by atoms with E-state index in [4.69, 9.17) is 15.0 Å². The Bertz CT molecular complexity index is 2570. The minimum absolute atomic E-state index is 0.626. The van der Waals surface area contributed by atoms with E-state index in [2.05, 4.69) is 158 Å². The molecule has 0 unspecified atom stereocenters. The third kappa shape index (κ3) is 5.61. The Morgan fingerprint density at radius 1 is 0.260 bits per heavy atom. The topological polar surface area (TPSA) is 38.7 Å². The van der Waals surface area contributed by atoms with Crippen molar-refractivity contribution in [2.24, 2.45) is 0 Å². The molecule has 0 atom stereocenters.